The molecule has 206 valence electrons. The van der Waals surface area contributed by atoms with Gasteiger partial charge in [0, 0.05) is 38.7 Å². The molecule has 0 saturated carbocycles. The topological polar surface area (TPSA) is 96.6 Å². The number of aryl methyl sites for hydroxylation is 1. The lowest BCUT2D eigenvalue weighted by molar-refractivity contribution is -0.137. The van der Waals surface area contributed by atoms with Crippen LogP contribution in [0, 0.1) is 12.7 Å². The van der Waals surface area contributed by atoms with Crippen LogP contribution in [0.4, 0.5) is 23.2 Å². The molecule has 1 amide bonds. The van der Waals surface area contributed by atoms with Crippen LogP contribution >= 0.6 is 23.2 Å². The van der Waals surface area contributed by atoms with Crippen LogP contribution in [0.25, 0.3) is 28.2 Å². The zero-order valence-corrected chi connectivity index (χ0v) is 21.8. The van der Waals surface area contributed by atoms with Gasteiger partial charge < -0.3 is 14.8 Å². The van der Waals surface area contributed by atoms with E-state index in [0.717, 1.165) is 24.3 Å². The van der Waals surface area contributed by atoms with Crippen molar-refractivity contribution in [1.29, 1.82) is 0 Å². The van der Waals surface area contributed by atoms with Crippen molar-refractivity contribution >= 4 is 57.8 Å². The summed E-state index contributed by atoms with van der Waals surface area (Å²) in [6, 6.07) is 9.41. The Morgan fingerprint density at radius 2 is 1.80 bits per heavy atom. The minimum atomic E-state index is -4.83. The molecule has 40 heavy (non-hydrogen) atoms. The van der Waals surface area contributed by atoms with Crippen LogP contribution in [-0.4, -0.2) is 17.0 Å². The molecular weight excluding hydrogens is 577 g/mol. The summed E-state index contributed by atoms with van der Waals surface area (Å²) in [6.07, 6.45) is -3.80. The number of rotatable bonds is 6. The summed E-state index contributed by atoms with van der Waals surface area (Å²) in [6.45, 7) is 1.67. The number of nitrogens with one attached hydrogen (secondary N) is 1. The van der Waals surface area contributed by atoms with E-state index in [4.69, 9.17) is 32.7 Å². The van der Waals surface area contributed by atoms with Gasteiger partial charge in [-0.25, -0.2) is 14.0 Å². The number of benzene rings is 3. The molecule has 0 aliphatic carbocycles. The highest BCUT2D eigenvalue weighted by atomic mass is 35.5. The fourth-order valence-corrected chi connectivity index (χ4v) is 4.39. The summed E-state index contributed by atoms with van der Waals surface area (Å²) in [5.74, 6) is -3.05. The van der Waals surface area contributed by atoms with E-state index < -0.39 is 47.2 Å². The molecule has 1 heterocycles. The van der Waals surface area contributed by atoms with E-state index in [2.05, 4.69) is 5.32 Å². The molecule has 12 heteroatoms. The number of halogens is 6. The van der Waals surface area contributed by atoms with Crippen molar-refractivity contribution in [2.45, 2.75) is 19.5 Å². The molecule has 0 unspecified atom stereocenters. The van der Waals surface area contributed by atoms with Gasteiger partial charge in [0.15, 0.2) is 0 Å². The third-order valence-corrected chi connectivity index (χ3v) is 6.51. The number of carboxylic acids is 1. The maximum absolute atomic E-state index is 14.5. The largest absolute Gasteiger partial charge is 0.478 e. The molecule has 2 N–H and O–H groups in total. The van der Waals surface area contributed by atoms with Gasteiger partial charge in [-0.05, 0) is 60.5 Å². The predicted molar refractivity (Wildman–Crippen MR) is 143 cm³/mol. The number of carboxylic acid groups (broad SMARTS) is 1. The first-order chi connectivity index (χ1) is 18.7. The molecule has 0 radical (unpaired) electrons. The Balaban J connectivity index is 1.88. The number of hydrogen-bond donors (Lipinski definition) is 2. The highest BCUT2D eigenvalue weighted by molar-refractivity contribution is 6.32. The Morgan fingerprint density at radius 3 is 2.48 bits per heavy atom. The number of anilines is 1. The van der Waals surface area contributed by atoms with Crippen molar-refractivity contribution in [1.82, 2.24) is 0 Å². The van der Waals surface area contributed by atoms with Crippen molar-refractivity contribution < 1.29 is 36.7 Å². The number of carbonyl (C=O) groups is 2. The molecule has 0 aliphatic heterocycles. The van der Waals surface area contributed by atoms with Gasteiger partial charge in [-0.3, -0.25) is 4.79 Å². The molecule has 0 spiro atoms. The van der Waals surface area contributed by atoms with E-state index in [1.807, 2.05) is 0 Å². The van der Waals surface area contributed by atoms with E-state index in [9.17, 15) is 31.9 Å². The molecule has 1 aromatic heterocycles. The summed E-state index contributed by atoms with van der Waals surface area (Å²) in [5.41, 5.74) is -2.11. The van der Waals surface area contributed by atoms with Crippen molar-refractivity contribution in [3.63, 3.8) is 0 Å². The van der Waals surface area contributed by atoms with Crippen molar-refractivity contribution in [3.05, 3.63) is 103 Å². The maximum atomic E-state index is 14.5. The van der Waals surface area contributed by atoms with Crippen LogP contribution in [0.1, 0.15) is 22.3 Å². The van der Waals surface area contributed by atoms with E-state index in [1.54, 1.807) is 13.0 Å². The summed E-state index contributed by atoms with van der Waals surface area (Å²) < 4.78 is 60.4. The molecule has 6 nitrogen and oxygen atoms in total. The normalized spacial score (nSPS) is 11.8. The second kappa shape index (κ2) is 11.1. The number of fused-ring (bicyclic) bond motifs is 1. The third kappa shape index (κ3) is 6.19. The summed E-state index contributed by atoms with van der Waals surface area (Å²) >= 11 is 11.9. The number of aliphatic carboxylic acids is 1. The lowest BCUT2D eigenvalue weighted by Gasteiger charge is -2.16. The molecule has 0 saturated heterocycles. The van der Waals surface area contributed by atoms with Gasteiger partial charge in [0.2, 0.25) is 5.91 Å². The van der Waals surface area contributed by atoms with E-state index >= 15 is 0 Å². The van der Waals surface area contributed by atoms with Gasteiger partial charge in [0.05, 0.1) is 23.2 Å². The number of carbonyl (C=O) groups excluding carboxylic acids is 1. The quantitative estimate of drug-likeness (QED) is 0.137. The monoisotopic (exact) mass is 593 g/mol. The molecule has 4 aromatic rings. The molecule has 3 aromatic carbocycles. The average Bonchev–Trinajstić information content (AvgIpc) is 2.86. The van der Waals surface area contributed by atoms with Crippen LogP contribution in [0.2, 0.25) is 10.0 Å². The molecule has 0 atom stereocenters. The standard InChI is InChI=1S/C28H17Cl2F4NO5/c1-13-8-17-23(12-20(13)30)40-27(39)18(26(17)15-2-5-21(31)14(9-15)3-7-25(37)38)11-24(36)35-22-6-4-16(29)10-19(22)28(32,33)34/h2-10,12H,11H2,1H3,(H,35,36)(H,37,38). The van der Waals surface area contributed by atoms with Gasteiger partial charge in [-0.15, -0.1) is 0 Å². The second-order valence-electron chi connectivity index (χ2n) is 8.66. The van der Waals surface area contributed by atoms with Gasteiger partial charge >= 0.3 is 17.8 Å². The van der Waals surface area contributed by atoms with Crippen LogP contribution in [0.15, 0.2) is 63.8 Å². The predicted octanol–water partition coefficient (Wildman–Crippen LogP) is 7.51. The van der Waals surface area contributed by atoms with Gasteiger partial charge in [-0.2, -0.15) is 13.2 Å². The van der Waals surface area contributed by atoms with E-state index in [0.29, 0.717) is 17.0 Å². The van der Waals surface area contributed by atoms with Crippen LogP contribution in [-0.2, 0) is 22.2 Å². The van der Waals surface area contributed by atoms with E-state index in [1.165, 1.54) is 24.3 Å². The number of hydrogen-bond acceptors (Lipinski definition) is 4. The Hall–Kier alpha value is -4.15. The highest BCUT2D eigenvalue weighted by Crippen LogP contribution is 2.37. The third-order valence-electron chi connectivity index (χ3n) is 5.87. The zero-order chi connectivity index (χ0) is 29.4. The Morgan fingerprint density at radius 1 is 1.07 bits per heavy atom. The fraction of sp³-hybridized carbons (Fsp3) is 0.107. The highest BCUT2D eigenvalue weighted by Gasteiger charge is 2.34. The minimum Gasteiger partial charge on any atom is -0.478 e. The first kappa shape index (κ1) is 28.8. The molecule has 0 fully saturated rings. The van der Waals surface area contributed by atoms with Crippen molar-refractivity contribution in [3.8, 4) is 11.1 Å². The average molecular weight is 594 g/mol. The summed E-state index contributed by atoms with van der Waals surface area (Å²) in [4.78, 5) is 37.0. The van der Waals surface area contributed by atoms with Crippen molar-refractivity contribution in [2.75, 3.05) is 5.32 Å². The molecule has 0 bridgehead atoms. The maximum Gasteiger partial charge on any atom is 0.418 e. The van der Waals surface area contributed by atoms with E-state index in [-0.39, 0.29) is 37.9 Å². The summed E-state index contributed by atoms with van der Waals surface area (Å²) in [5, 5.41) is 11.5. The lowest BCUT2D eigenvalue weighted by Crippen LogP contribution is -2.22. The summed E-state index contributed by atoms with van der Waals surface area (Å²) in [7, 11) is 0. The first-order valence-electron chi connectivity index (χ1n) is 11.4. The number of amides is 1. The van der Waals surface area contributed by atoms with Crippen molar-refractivity contribution in [2.24, 2.45) is 0 Å². The fourth-order valence-electron chi connectivity index (χ4n) is 4.06. The Bertz CT molecular complexity index is 1760. The SMILES string of the molecule is Cc1cc2c(-c3ccc(F)c(C=CC(=O)O)c3)c(CC(=O)Nc3ccc(Cl)cc3C(F)(F)F)c(=O)oc2cc1Cl. The zero-order valence-electron chi connectivity index (χ0n) is 20.3. The Labute approximate surface area is 233 Å². The van der Waals surface area contributed by atoms with Gasteiger partial charge in [0.25, 0.3) is 0 Å². The molecule has 0 aliphatic rings. The van der Waals surface area contributed by atoms with Gasteiger partial charge in [-0.1, -0.05) is 29.3 Å². The van der Waals surface area contributed by atoms with Crippen LogP contribution < -0.4 is 10.9 Å². The van der Waals surface area contributed by atoms with Gasteiger partial charge in [0.1, 0.15) is 11.4 Å². The Kier molecular flexibility index (Phi) is 8.04. The second-order valence-corrected chi connectivity index (χ2v) is 9.50. The lowest BCUT2D eigenvalue weighted by atomic mass is 9.93. The number of alkyl halides is 3. The molecular formula is C28H17Cl2F4NO5. The first-order valence-corrected chi connectivity index (χ1v) is 12.1. The van der Waals surface area contributed by atoms with Crippen LogP contribution in [0.5, 0.6) is 0 Å². The van der Waals surface area contributed by atoms with Crippen LogP contribution in [0.3, 0.4) is 0 Å². The smallest absolute Gasteiger partial charge is 0.418 e. The minimum absolute atomic E-state index is 0.0452. The molecule has 4 rings (SSSR count).